The zero-order chi connectivity index (χ0) is 15.1. The third-order valence-electron chi connectivity index (χ3n) is 4.31. The van der Waals surface area contributed by atoms with E-state index < -0.39 is 0 Å². The molecule has 0 aromatic carbocycles. The van der Waals surface area contributed by atoms with E-state index in [-0.39, 0.29) is 24.0 Å². The summed E-state index contributed by atoms with van der Waals surface area (Å²) in [5, 5.41) is 7.09. The minimum Gasteiger partial charge on any atom is -0.360 e. The molecule has 1 aliphatic heterocycles. The summed E-state index contributed by atoms with van der Waals surface area (Å²) in [4.78, 5) is 9.30. The minimum atomic E-state index is 0. The van der Waals surface area contributed by atoms with Crippen molar-refractivity contribution in [3.8, 4) is 0 Å². The highest BCUT2D eigenvalue weighted by atomic mass is 127. The van der Waals surface area contributed by atoms with Gasteiger partial charge in [0, 0.05) is 39.8 Å². The molecule has 1 fully saturated rings. The van der Waals surface area contributed by atoms with Crippen LogP contribution in [0.5, 0.6) is 0 Å². The maximum Gasteiger partial charge on any atom is 0.193 e. The van der Waals surface area contributed by atoms with Gasteiger partial charge in [0.2, 0.25) is 0 Å². The standard InChI is InChI=1S/C16H28N4S.HI/c1-4-14(5-2)13-18-16(17-3)20-10-8-19(9-11-20)15-7-6-12-21-15;/h6-7,12,14H,4-5,8-11,13H2,1-3H3,(H,17,18);1H. The molecular weight excluding hydrogens is 407 g/mol. The lowest BCUT2D eigenvalue weighted by Crippen LogP contribution is -2.53. The lowest BCUT2D eigenvalue weighted by molar-refractivity contribution is 0.366. The van der Waals surface area contributed by atoms with Gasteiger partial charge < -0.3 is 15.1 Å². The maximum atomic E-state index is 4.46. The normalized spacial score (nSPS) is 15.9. The fourth-order valence-corrected chi connectivity index (χ4v) is 3.52. The van der Waals surface area contributed by atoms with Crippen molar-refractivity contribution in [2.75, 3.05) is 44.7 Å². The highest BCUT2D eigenvalue weighted by Gasteiger charge is 2.20. The Labute approximate surface area is 156 Å². The van der Waals surface area contributed by atoms with E-state index >= 15 is 0 Å². The smallest absolute Gasteiger partial charge is 0.193 e. The predicted molar refractivity (Wildman–Crippen MR) is 109 cm³/mol. The number of anilines is 1. The first-order valence-electron chi connectivity index (χ1n) is 8.02. The molecule has 0 atom stereocenters. The number of aliphatic imine (C=N–C) groups is 1. The average Bonchev–Trinajstić information content (AvgIpc) is 3.07. The van der Waals surface area contributed by atoms with Gasteiger partial charge in [0.1, 0.15) is 0 Å². The van der Waals surface area contributed by atoms with E-state index in [2.05, 4.69) is 51.5 Å². The second kappa shape index (κ2) is 10.3. The molecule has 6 heteroatoms. The van der Waals surface area contributed by atoms with Gasteiger partial charge in [-0.1, -0.05) is 26.7 Å². The van der Waals surface area contributed by atoms with Gasteiger partial charge in [-0.3, -0.25) is 4.99 Å². The van der Waals surface area contributed by atoms with E-state index in [1.807, 2.05) is 18.4 Å². The van der Waals surface area contributed by atoms with Crippen LogP contribution in [0.2, 0.25) is 0 Å². The molecule has 1 saturated heterocycles. The molecule has 0 aliphatic carbocycles. The Morgan fingerprint density at radius 3 is 2.45 bits per heavy atom. The molecule has 0 spiro atoms. The van der Waals surface area contributed by atoms with Crippen LogP contribution in [-0.4, -0.2) is 50.6 Å². The van der Waals surface area contributed by atoms with Crippen molar-refractivity contribution < 1.29 is 0 Å². The zero-order valence-corrected chi connectivity index (χ0v) is 17.1. The molecule has 2 rings (SSSR count). The average molecular weight is 436 g/mol. The van der Waals surface area contributed by atoms with Gasteiger partial charge in [-0.25, -0.2) is 0 Å². The molecule has 0 unspecified atom stereocenters. The number of hydrogen-bond donors (Lipinski definition) is 1. The number of thiophene rings is 1. The minimum absolute atomic E-state index is 0. The summed E-state index contributed by atoms with van der Waals surface area (Å²) < 4.78 is 0. The van der Waals surface area contributed by atoms with Gasteiger partial charge in [0.05, 0.1) is 5.00 Å². The molecule has 4 nitrogen and oxygen atoms in total. The van der Waals surface area contributed by atoms with Crippen molar-refractivity contribution in [1.82, 2.24) is 10.2 Å². The van der Waals surface area contributed by atoms with Crippen LogP contribution >= 0.6 is 35.3 Å². The molecule has 22 heavy (non-hydrogen) atoms. The third-order valence-corrected chi connectivity index (χ3v) is 5.24. The summed E-state index contributed by atoms with van der Waals surface area (Å²) in [6.07, 6.45) is 2.46. The largest absolute Gasteiger partial charge is 0.360 e. The van der Waals surface area contributed by atoms with Crippen molar-refractivity contribution in [3.05, 3.63) is 17.5 Å². The number of piperazine rings is 1. The summed E-state index contributed by atoms with van der Waals surface area (Å²) in [6.45, 7) is 9.79. The molecule has 1 aliphatic rings. The Balaban J connectivity index is 0.00000242. The van der Waals surface area contributed by atoms with Crippen molar-refractivity contribution in [2.45, 2.75) is 26.7 Å². The molecule has 2 heterocycles. The molecule has 0 saturated carbocycles. The second-order valence-corrected chi connectivity index (χ2v) is 6.46. The second-order valence-electron chi connectivity index (χ2n) is 5.54. The van der Waals surface area contributed by atoms with Crippen LogP contribution in [0.4, 0.5) is 5.00 Å². The number of nitrogens with zero attached hydrogens (tertiary/aromatic N) is 3. The van der Waals surface area contributed by atoms with Crippen LogP contribution in [-0.2, 0) is 0 Å². The summed E-state index contributed by atoms with van der Waals surface area (Å²) >= 11 is 1.83. The number of guanidine groups is 1. The van der Waals surface area contributed by atoms with E-state index in [1.54, 1.807) is 0 Å². The van der Waals surface area contributed by atoms with E-state index in [0.29, 0.717) is 0 Å². The quantitative estimate of drug-likeness (QED) is 0.436. The topological polar surface area (TPSA) is 30.9 Å². The first-order chi connectivity index (χ1) is 10.3. The number of rotatable bonds is 5. The van der Waals surface area contributed by atoms with Gasteiger partial charge in [-0.05, 0) is 23.4 Å². The molecule has 126 valence electrons. The predicted octanol–water partition coefficient (Wildman–Crippen LogP) is 3.50. The first-order valence-corrected chi connectivity index (χ1v) is 8.90. The maximum absolute atomic E-state index is 4.46. The first kappa shape index (κ1) is 19.5. The molecule has 1 aromatic heterocycles. The molecule has 0 radical (unpaired) electrons. The van der Waals surface area contributed by atoms with Crippen molar-refractivity contribution in [1.29, 1.82) is 0 Å². The monoisotopic (exact) mass is 436 g/mol. The van der Waals surface area contributed by atoms with E-state index in [4.69, 9.17) is 0 Å². The van der Waals surface area contributed by atoms with Crippen molar-refractivity contribution >= 4 is 46.3 Å². The molecule has 0 bridgehead atoms. The van der Waals surface area contributed by atoms with Crippen LogP contribution in [0.1, 0.15) is 26.7 Å². The van der Waals surface area contributed by atoms with Gasteiger partial charge in [0.15, 0.2) is 5.96 Å². The Morgan fingerprint density at radius 2 is 1.95 bits per heavy atom. The summed E-state index contributed by atoms with van der Waals surface area (Å²) in [5.74, 6) is 1.81. The Morgan fingerprint density at radius 1 is 1.27 bits per heavy atom. The van der Waals surface area contributed by atoms with Crippen LogP contribution < -0.4 is 10.2 Å². The van der Waals surface area contributed by atoms with E-state index in [0.717, 1.165) is 44.6 Å². The molecule has 0 amide bonds. The highest BCUT2D eigenvalue weighted by molar-refractivity contribution is 14.0. The molecular formula is C16H29IN4S. The Kier molecular flexibility index (Phi) is 9.16. The van der Waals surface area contributed by atoms with Crippen LogP contribution in [0.25, 0.3) is 0 Å². The van der Waals surface area contributed by atoms with E-state index in [1.165, 1.54) is 17.8 Å². The Hall–Kier alpha value is -0.500. The number of halogens is 1. The number of hydrogen-bond acceptors (Lipinski definition) is 3. The zero-order valence-electron chi connectivity index (χ0n) is 13.9. The summed E-state index contributed by atoms with van der Waals surface area (Å²) in [5.41, 5.74) is 0. The van der Waals surface area contributed by atoms with Crippen LogP contribution in [0, 0.1) is 5.92 Å². The summed E-state index contributed by atoms with van der Waals surface area (Å²) in [6, 6.07) is 4.34. The SMILES string of the molecule is CCC(CC)CNC(=NC)N1CCN(c2cccs2)CC1.I. The Bertz CT molecular complexity index is 423. The van der Waals surface area contributed by atoms with Crippen LogP contribution in [0.3, 0.4) is 0 Å². The highest BCUT2D eigenvalue weighted by Crippen LogP contribution is 2.22. The van der Waals surface area contributed by atoms with Crippen molar-refractivity contribution in [3.63, 3.8) is 0 Å². The number of nitrogens with one attached hydrogen (secondary N) is 1. The van der Waals surface area contributed by atoms with Crippen LogP contribution in [0.15, 0.2) is 22.5 Å². The third kappa shape index (κ3) is 5.30. The summed E-state index contributed by atoms with van der Waals surface area (Å²) in [7, 11) is 1.89. The van der Waals surface area contributed by atoms with Crippen molar-refractivity contribution in [2.24, 2.45) is 10.9 Å². The van der Waals surface area contributed by atoms with Gasteiger partial charge >= 0.3 is 0 Å². The molecule has 1 aromatic rings. The fraction of sp³-hybridized carbons (Fsp3) is 0.688. The van der Waals surface area contributed by atoms with Gasteiger partial charge in [0.25, 0.3) is 0 Å². The van der Waals surface area contributed by atoms with E-state index in [9.17, 15) is 0 Å². The van der Waals surface area contributed by atoms with Gasteiger partial charge in [-0.15, -0.1) is 35.3 Å². The van der Waals surface area contributed by atoms with Gasteiger partial charge in [-0.2, -0.15) is 0 Å². The lowest BCUT2D eigenvalue weighted by atomic mass is 10.0. The molecule has 1 N–H and O–H groups in total. The fourth-order valence-electron chi connectivity index (χ4n) is 2.73. The lowest BCUT2D eigenvalue weighted by Gasteiger charge is -2.37.